The largest absolute Gasteiger partial charge is 0.449 e. The van der Waals surface area contributed by atoms with Crippen LogP contribution in [-0.4, -0.2) is 89.1 Å². The third-order valence-corrected chi connectivity index (χ3v) is 9.93. The van der Waals surface area contributed by atoms with Crippen LogP contribution in [-0.2, 0) is 14.3 Å². The minimum absolute atomic E-state index is 0.270. The average Bonchev–Trinajstić information content (AvgIpc) is 3.10. The summed E-state index contributed by atoms with van der Waals surface area (Å²) in [6.45, 7) is 4.19. The van der Waals surface area contributed by atoms with Crippen LogP contribution in [0.25, 0.3) is 0 Å². The van der Waals surface area contributed by atoms with E-state index in [2.05, 4.69) is 19.2 Å². The van der Waals surface area contributed by atoms with Gasteiger partial charge in [-0.15, -0.1) is 0 Å². The topological polar surface area (TPSA) is 155 Å². The fourth-order valence-corrected chi connectivity index (χ4v) is 6.75. The molecule has 2 amide bonds. The number of aliphatic hydroxyl groups is 3. The van der Waals surface area contributed by atoms with Crippen molar-refractivity contribution in [2.24, 2.45) is 5.73 Å². The van der Waals surface area contributed by atoms with Crippen LogP contribution in [0.5, 0.6) is 0 Å². The number of carbonyl (C=O) groups is 2. The highest BCUT2D eigenvalue weighted by Gasteiger charge is 2.48. The Labute approximate surface area is 299 Å². The van der Waals surface area contributed by atoms with E-state index in [4.69, 9.17) is 15.2 Å². The molecule has 1 saturated heterocycles. The van der Waals surface area contributed by atoms with E-state index in [1.54, 1.807) is 0 Å². The summed E-state index contributed by atoms with van der Waals surface area (Å²) in [7, 11) is 0. The predicted molar refractivity (Wildman–Crippen MR) is 198 cm³/mol. The van der Waals surface area contributed by atoms with E-state index in [0.29, 0.717) is 13.0 Å². The van der Waals surface area contributed by atoms with Gasteiger partial charge in [0.1, 0.15) is 24.4 Å². The van der Waals surface area contributed by atoms with Gasteiger partial charge in [0.15, 0.2) is 6.23 Å². The highest BCUT2D eigenvalue weighted by Crippen LogP contribution is 2.25. The lowest BCUT2D eigenvalue weighted by Crippen LogP contribution is -2.69. The molecule has 1 heterocycles. The van der Waals surface area contributed by atoms with E-state index in [0.717, 1.165) is 38.5 Å². The predicted octanol–water partition coefficient (Wildman–Crippen LogP) is 7.49. The Balaban J connectivity index is 2.54. The lowest BCUT2D eigenvalue weighted by atomic mass is 9.95. The first-order chi connectivity index (χ1) is 23.9. The zero-order chi connectivity index (χ0) is 36.0. The molecule has 49 heavy (non-hydrogen) atoms. The average molecular weight is 700 g/mol. The number of hydrogen-bond acceptors (Lipinski definition) is 8. The first-order valence-corrected chi connectivity index (χ1v) is 20.5. The van der Waals surface area contributed by atoms with E-state index >= 15 is 0 Å². The number of nitrogens with zero attached hydrogens (tertiary/aromatic N) is 1. The van der Waals surface area contributed by atoms with Gasteiger partial charge in [-0.1, -0.05) is 168 Å². The Hall–Kier alpha value is -1.46. The van der Waals surface area contributed by atoms with E-state index in [1.807, 2.05) is 0 Å². The third-order valence-electron chi connectivity index (χ3n) is 9.93. The molecule has 290 valence electrons. The summed E-state index contributed by atoms with van der Waals surface area (Å²) >= 11 is 0. The minimum Gasteiger partial charge on any atom is -0.449 e. The number of unbranched alkanes of at least 4 members (excludes halogenated alkanes) is 24. The summed E-state index contributed by atoms with van der Waals surface area (Å²) in [5, 5.41) is 33.9. The van der Waals surface area contributed by atoms with Gasteiger partial charge >= 0.3 is 6.09 Å². The van der Waals surface area contributed by atoms with Crippen molar-refractivity contribution >= 4 is 12.0 Å². The van der Waals surface area contributed by atoms with E-state index in [1.165, 1.54) is 127 Å². The monoisotopic (exact) mass is 700 g/mol. The van der Waals surface area contributed by atoms with Crippen molar-refractivity contribution in [3.8, 4) is 0 Å². The summed E-state index contributed by atoms with van der Waals surface area (Å²) in [6.07, 6.45) is 25.8. The van der Waals surface area contributed by atoms with Gasteiger partial charge in [-0.05, 0) is 12.8 Å². The smallest absolute Gasteiger partial charge is 0.411 e. The van der Waals surface area contributed by atoms with Crippen molar-refractivity contribution in [2.75, 3.05) is 26.3 Å². The maximum Gasteiger partial charge on any atom is 0.411 e. The molecule has 0 aromatic carbocycles. The summed E-state index contributed by atoms with van der Waals surface area (Å²) in [6, 6.07) is -1.13. The molecule has 0 saturated carbocycles. The Morgan fingerprint density at radius 3 is 1.47 bits per heavy atom. The number of amides is 2. The Kier molecular flexibility index (Phi) is 29.1. The highest BCUT2D eigenvalue weighted by molar-refractivity contribution is 5.78. The van der Waals surface area contributed by atoms with Crippen LogP contribution in [0.15, 0.2) is 0 Å². The first kappa shape index (κ1) is 45.6. The molecule has 5 atom stereocenters. The van der Waals surface area contributed by atoms with Gasteiger partial charge in [0.25, 0.3) is 0 Å². The van der Waals surface area contributed by atoms with E-state index in [9.17, 15) is 24.9 Å². The number of nitrogens with one attached hydrogen (secondary N) is 1. The van der Waals surface area contributed by atoms with E-state index < -0.39 is 49.2 Å². The van der Waals surface area contributed by atoms with Crippen LogP contribution < -0.4 is 11.1 Å². The summed E-state index contributed by atoms with van der Waals surface area (Å²) in [5.41, 5.74) is 5.52. The normalized spacial score (nSPS) is 20.7. The molecule has 0 radical (unpaired) electrons. The van der Waals surface area contributed by atoms with Crippen LogP contribution in [0.4, 0.5) is 4.79 Å². The molecule has 0 aliphatic carbocycles. The fourth-order valence-electron chi connectivity index (χ4n) is 6.75. The summed E-state index contributed by atoms with van der Waals surface area (Å²) < 4.78 is 11.6. The summed E-state index contributed by atoms with van der Waals surface area (Å²) in [5.74, 6) is -0.548. The first-order valence-electron chi connectivity index (χ1n) is 20.5. The molecule has 1 fully saturated rings. The van der Waals surface area contributed by atoms with Gasteiger partial charge in [-0.25, -0.2) is 4.79 Å². The van der Waals surface area contributed by atoms with Crippen molar-refractivity contribution in [1.82, 2.24) is 10.2 Å². The number of hydrogen-bond donors (Lipinski definition) is 5. The fraction of sp³-hybridized carbons (Fsp3) is 0.949. The molecule has 0 bridgehead atoms. The molecule has 0 unspecified atom stereocenters. The quantitative estimate of drug-likeness (QED) is 0.0453. The van der Waals surface area contributed by atoms with E-state index in [-0.39, 0.29) is 13.2 Å². The molecule has 1 rings (SSSR count). The molecule has 0 spiro atoms. The second-order valence-corrected chi connectivity index (χ2v) is 14.3. The van der Waals surface area contributed by atoms with Crippen molar-refractivity contribution in [3.05, 3.63) is 0 Å². The van der Waals surface area contributed by atoms with Gasteiger partial charge in [-0.3, -0.25) is 9.69 Å². The van der Waals surface area contributed by atoms with Crippen LogP contribution >= 0.6 is 0 Å². The molecule has 10 heteroatoms. The van der Waals surface area contributed by atoms with Gasteiger partial charge in [0, 0.05) is 6.54 Å². The van der Waals surface area contributed by atoms with Gasteiger partial charge < -0.3 is 35.8 Å². The SMILES string of the molecule is CCCCCCCCCCCCCCCCCCN(C(=O)OCCCCCCCCCCCC)[C@@H]1O[C@H](CO)[C@H](O)[C@H](O)[C@H]1NC(=O)CN. The van der Waals surface area contributed by atoms with Crippen LogP contribution in [0.1, 0.15) is 181 Å². The molecule has 10 nitrogen and oxygen atoms in total. The maximum atomic E-state index is 13.5. The minimum atomic E-state index is -1.46. The molecule has 1 aliphatic rings. The lowest BCUT2D eigenvalue weighted by molar-refractivity contribution is -0.226. The second kappa shape index (κ2) is 31.3. The molecular formula is C39H77N3O7. The number of nitrogens with two attached hydrogens (primary N) is 1. The second-order valence-electron chi connectivity index (χ2n) is 14.3. The van der Waals surface area contributed by atoms with Crippen LogP contribution in [0, 0.1) is 0 Å². The maximum absolute atomic E-state index is 13.5. The Morgan fingerprint density at radius 1 is 0.653 bits per heavy atom. The van der Waals surface area contributed by atoms with Crippen molar-refractivity contribution in [2.45, 2.75) is 211 Å². The third kappa shape index (κ3) is 21.5. The van der Waals surface area contributed by atoms with Gasteiger partial charge in [-0.2, -0.15) is 0 Å². The van der Waals surface area contributed by atoms with Crippen molar-refractivity contribution in [1.29, 1.82) is 0 Å². The Bertz CT molecular complexity index is 790. The van der Waals surface area contributed by atoms with Gasteiger partial charge in [0.2, 0.25) is 5.91 Å². The Morgan fingerprint density at radius 2 is 1.06 bits per heavy atom. The van der Waals surface area contributed by atoms with Crippen LogP contribution in [0.3, 0.4) is 0 Å². The standard InChI is InChI=1S/C39H77N3O7/c1-3-5-7-9-11-13-15-16-17-18-19-20-21-23-25-27-29-42(39(47)48-30-28-26-24-22-14-12-10-8-6-4-2)38-35(41-34(44)31-40)37(46)36(45)33(32-43)49-38/h33,35-38,43,45-46H,3-32,40H2,1-2H3,(H,41,44)/t33-,35-,36+,37-,38-/m1/s1. The zero-order valence-electron chi connectivity index (χ0n) is 31.6. The van der Waals surface area contributed by atoms with Crippen molar-refractivity contribution in [3.63, 3.8) is 0 Å². The molecule has 0 aromatic rings. The number of carbonyl (C=O) groups excluding carboxylic acids is 2. The van der Waals surface area contributed by atoms with Gasteiger partial charge in [0.05, 0.1) is 19.8 Å². The molecule has 6 N–H and O–H groups in total. The molecule has 1 aliphatic heterocycles. The van der Waals surface area contributed by atoms with Crippen LogP contribution in [0.2, 0.25) is 0 Å². The summed E-state index contributed by atoms with van der Waals surface area (Å²) in [4.78, 5) is 27.1. The number of rotatable bonds is 32. The zero-order valence-corrected chi connectivity index (χ0v) is 31.6. The number of aliphatic hydroxyl groups excluding tert-OH is 3. The molecular weight excluding hydrogens is 622 g/mol. The number of ether oxygens (including phenoxy) is 2. The van der Waals surface area contributed by atoms with Crippen molar-refractivity contribution < 1.29 is 34.4 Å². The molecule has 0 aromatic heterocycles. The lowest BCUT2D eigenvalue weighted by Gasteiger charge is -2.46. The highest BCUT2D eigenvalue weighted by atomic mass is 16.6.